The molecule has 1 unspecified atom stereocenters. The van der Waals surface area contributed by atoms with Crippen molar-refractivity contribution in [1.82, 2.24) is 19.6 Å². The van der Waals surface area contributed by atoms with Gasteiger partial charge in [0.05, 0.1) is 24.4 Å². The number of carbonyl (C=O) groups excluding carboxylic acids is 2. The van der Waals surface area contributed by atoms with Gasteiger partial charge in [0.25, 0.3) is 5.78 Å². The van der Waals surface area contributed by atoms with Crippen molar-refractivity contribution in [2.24, 2.45) is 0 Å². The van der Waals surface area contributed by atoms with Crippen molar-refractivity contribution in [2.75, 3.05) is 12.0 Å². The second kappa shape index (κ2) is 11.6. The molecule has 2 aromatic carbocycles. The Hall–Kier alpha value is -3.90. The SMILES string of the molecule is COc1ccc(C2C(=C(O)c3nc4c(C)cccn4c3C)C(=O)C(=O)N2c2nnc(SCc3ccc(Cl)cc3Cl)s2)cc1. The number of nitrogens with zero attached hydrogens (tertiary/aromatic N) is 5. The highest BCUT2D eigenvalue weighted by Gasteiger charge is 2.49. The molecule has 1 aliphatic rings. The number of aryl methyl sites for hydroxylation is 2. The van der Waals surface area contributed by atoms with Gasteiger partial charge in [-0.1, -0.05) is 70.6 Å². The number of thioether (sulfide) groups is 1. The Morgan fingerprint density at radius 2 is 1.86 bits per heavy atom. The second-order valence-corrected chi connectivity index (χ2v) is 12.8. The molecule has 218 valence electrons. The molecular weight excluding hydrogens is 629 g/mol. The molecule has 1 fully saturated rings. The van der Waals surface area contributed by atoms with Crippen LogP contribution in [-0.4, -0.2) is 43.5 Å². The number of Topliss-reactive ketones (excluding diaryl/α,β-unsaturated/α-hetero) is 1. The Kier molecular flexibility index (Phi) is 7.91. The number of ether oxygens (including phenoxy) is 1. The van der Waals surface area contributed by atoms with Crippen LogP contribution in [0.5, 0.6) is 5.75 Å². The fraction of sp³-hybridized carbons (Fsp3) is 0.167. The van der Waals surface area contributed by atoms with Gasteiger partial charge in [-0.05, 0) is 60.9 Å². The van der Waals surface area contributed by atoms with Crippen molar-refractivity contribution in [2.45, 2.75) is 30.0 Å². The van der Waals surface area contributed by atoms with Gasteiger partial charge in [-0.25, -0.2) is 4.98 Å². The lowest BCUT2D eigenvalue weighted by atomic mass is 9.96. The fourth-order valence-corrected chi connectivity index (χ4v) is 7.37. The smallest absolute Gasteiger partial charge is 0.301 e. The molecule has 0 spiro atoms. The maximum atomic E-state index is 13.6. The van der Waals surface area contributed by atoms with Gasteiger partial charge >= 0.3 is 5.91 Å². The highest BCUT2D eigenvalue weighted by Crippen LogP contribution is 2.44. The van der Waals surface area contributed by atoms with Gasteiger partial charge in [-0.15, -0.1) is 10.2 Å². The number of halogens is 2. The van der Waals surface area contributed by atoms with Crippen molar-refractivity contribution in [3.05, 3.63) is 104 Å². The van der Waals surface area contributed by atoms with Crippen LogP contribution < -0.4 is 9.64 Å². The average Bonchev–Trinajstić information content (AvgIpc) is 3.67. The van der Waals surface area contributed by atoms with E-state index in [-0.39, 0.29) is 22.2 Å². The number of anilines is 1. The molecule has 0 radical (unpaired) electrons. The summed E-state index contributed by atoms with van der Waals surface area (Å²) in [6.07, 6.45) is 1.83. The number of fused-ring (bicyclic) bond motifs is 1. The molecule has 0 aliphatic carbocycles. The lowest BCUT2D eigenvalue weighted by Crippen LogP contribution is -2.29. The van der Waals surface area contributed by atoms with E-state index in [1.807, 2.05) is 35.7 Å². The Bertz CT molecular complexity index is 1940. The van der Waals surface area contributed by atoms with Crippen LogP contribution in [0.1, 0.15) is 34.1 Å². The zero-order chi connectivity index (χ0) is 30.4. The van der Waals surface area contributed by atoms with Gasteiger partial charge in [0.2, 0.25) is 5.13 Å². The van der Waals surface area contributed by atoms with Crippen molar-refractivity contribution < 1.29 is 19.4 Å². The summed E-state index contributed by atoms with van der Waals surface area (Å²) >= 11 is 14.9. The molecule has 0 bridgehead atoms. The molecule has 5 aromatic rings. The zero-order valence-electron chi connectivity index (χ0n) is 23.0. The van der Waals surface area contributed by atoms with Gasteiger partial charge < -0.3 is 14.2 Å². The van der Waals surface area contributed by atoms with Crippen LogP contribution in [0, 0.1) is 13.8 Å². The largest absolute Gasteiger partial charge is 0.505 e. The highest BCUT2D eigenvalue weighted by atomic mass is 35.5. The standard InChI is InChI=1S/C30H23Cl2N5O4S2/c1-15-5-4-12-36-16(2)23(33-27(15)36)25(38)22-24(17-7-10-20(41-3)11-8-17)37(28(40)26(22)39)29-34-35-30(43-29)42-14-18-6-9-19(31)13-21(18)32/h4-13,24,38H,14H2,1-3H3. The molecule has 13 heteroatoms. The van der Waals surface area contributed by atoms with Crippen LogP contribution in [0.4, 0.5) is 5.13 Å². The molecule has 0 saturated carbocycles. The monoisotopic (exact) mass is 651 g/mol. The van der Waals surface area contributed by atoms with Crippen LogP contribution >= 0.6 is 46.3 Å². The summed E-state index contributed by atoms with van der Waals surface area (Å²) in [5, 5.41) is 21.5. The van der Waals surface area contributed by atoms with Crippen molar-refractivity contribution >= 4 is 74.5 Å². The molecular formula is C30H23Cl2N5O4S2. The summed E-state index contributed by atoms with van der Waals surface area (Å²) in [6, 6.07) is 15.0. The van der Waals surface area contributed by atoms with E-state index in [9.17, 15) is 14.7 Å². The summed E-state index contributed by atoms with van der Waals surface area (Å²) < 4.78 is 7.72. The minimum absolute atomic E-state index is 0.0864. The minimum Gasteiger partial charge on any atom is -0.505 e. The van der Waals surface area contributed by atoms with E-state index in [1.54, 1.807) is 50.4 Å². The number of aliphatic hydroxyl groups excluding tert-OH is 1. The number of hydrogen-bond donors (Lipinski definition) is 1. The van der Waals surface area contributed by atoms with Gasteiger partial charge in [-0.2, -0.15) is 0 Å². The first kappa shape index (κ1) is 29.2. The number of pyridine rings is 1. The van der Waals surface area contributed by atoms with Crippen molar-refractivity contribution in [3.8, 4) is 5.75 Å². The van der Waals surface area contributed by atoms with Crippen LogP contribution in [0.25, 0.3) is 11.4 Å². The average molecular weight is 653 g/mol. The van der Waals surface area contributed by atoms with Gasteiger partial charge in [0.1, 0.15) is 17.1 Å². The van der Waals surface area contributed by atoms with Crippen molar-refractivity contribution in [1.29, 1.82) is 0 Å². The number of rotatable bonds is 7. The second-order valence-electron chi connectivity index (χ2n) is 9.75. The summed E-state index contributed by atoms with van der Waals surface area (Å²) in [5.74, 6) is -0.934. The normalized spacial score (nSPS) is 16.4. The third-order valence-corrected chi connectivity index (χ3v) is 9.84. The van der Waals surface area contributed by atoms with Gasteiger partial charge in [0, 0.05) is 22.0 Å². The summed E-state index contributed by atoms with van der Waals surface area (Å²) in [5.41, 5.74) is 3.75. The van der Waals surface area contributed by atoms with E-state index in [1.165, 1.54) is 16.7 Å². The Morgan fingerprint density at radius 3 is 2.56 bits per heavy atom. The lowest BCUT2D eigenvalue weighted by molar-refractivity contribution is -0.132. The molecule has 3 aromatic heterocycles. The Morgan fingerprint density at radius 1 is 1.09 bits per heavy atom. The topological polar surface area (TPSA) is 110 Å². The van der Waals surface area contributed by atoms with E-state index >= 15 is 0 Å². The molecule has 9 nitrogen and oxygen atoms in total. The number of benzene rings is 2. The van der Waals surface area contributed by atoms with E-state index in [2.05, 4.69) is 15.2 Å². The highest BCUT2D eigenvalue weighted by molar-refractivity contribution is 8.00. The van der Waals surface area contributed by atoms with E-state index in [0.717, 1.165) is 22.5 Å². The minimum atomic E-state index is -0.979. The quantitative estimate of drug-likeness (QED) is 0.0656. The van der Waals surface area contributed by atoms with Crippen LogP contribution in [0.2, 0.25) is 10.0 Å². The zero-order valence-corrected chi connectivity index (χ0v) is 26.2. The number of ketones is 1. The van der Waals surface area contributed by atoms with E-state index in [0.29, 0.717) is 42.8 Å². The predicted octanol–water partition coefficient (Wildman–Crippen LogP) is 7.04. The lowest BCUT2D eigenvalue weighted by Gasteiger charge is -2.22. The molecule has 4 heterocycles. The first-order chi connectivity index (χ1) is 20.7. The molecule has 1 saturated heterocycles. The predicted molar refractivity (Wildman–Crippen MR) is 168 cm³/mol. The number of carbonyl (C=O) groups is 2. The first-order valence-corrected chi connectivity index (χ1v) is 15.5. The molecule has 1 amide bonds. The number of aromatic nitrogens is 4. The van der Waals surface area contributed by atoms with E-state index in [4.69, 9.17) is 27.9 Å². The van der Waals surface area contributed by atoms with Crippen molar-refractivity contribution in [3.63, 3.8) is 0 Å². The van der Waals surface area contributed by atoms with Crippen LogP contribution in [-0.2, 0) is 15.3 Å². The number of aliphatic hydroxyl groups is 1. The summed E-state index contributed by atoms with van der Waals surface area (Å²) in [6.45, 7) is 3.71. The third-order valence-electron chi connectivity index (χ3n) is 7.15. The number of hydrogen-bond acceptors (Lipinski definition) is 9. The molecule has 43 heavy (non-hydrogen) atoms. The molecule has 6 rings (SSSR count). The van der Waals surface area contributed by atoms with E-state index < -0.39 is 17.7 Å². The summed E-state index contributed by atoms with van der Waals surface area (Å²) in [4.78, 5) is 33.2. The Labute approximate surface area is 264 Å². The first-order valence-electron chi connectivity index (χ1n) is 13.0. The number of methoxy groups -OCH3 is 1. The van der Waals surface area contributed by atoms with Gasteiger partial charge in [-0.3, -0.25) is 14.5 Å². The maximum Gasteiger partial charge on any atom is 0.301 e. The fourth-order valence-electron chi connectivity index (χ4n) is 4.94. The summed E-state index contributed by atoms with van der Waals surface area (Å²) in [7, 11) is 1.55. The van der Waals surface area contributed by atoms with Crippen LogP contribution in [0.15, 0.2) is 70.7 Å². The molecule has 1 aliphatic heterocycles. The maximum absolute atomic E-state index is 13.6. The molecule has 1 N–H and O–H groups in total. The third kappa shape index (κ3) is 5.27. The Balaban J connectivity index is 1.43. The van der Waals surface area contributed by atoms with Gasteiger partial charge in [0.15, 0.2) is 10.1 Å². The van der Waals surface area contributed by atoms with Crippen LogP contribution in [0.3, 0.4) is 0 Å². The molecule has 1 atom stereocenters. The number of amides is 1. The number of imidazole rings is 1.